The van der Waals surface area contributed by atoms with E-state index in [0.717, 1.165) is 33.0 Å². The van der Waals surface area contributed by atoms with Crippen molar-refractivity contribution >= 4 is 28.4 Å². The Morgan fingerprint density at radius 1 is 1.14 bits per heavy atom. The minimum Gasteiger partial charge on any atom is -0.497 e. The molecule has 0 unspecified atom stereocenters. The minimum absolute atomic E-state index is 0.706. The highest BCUT2D eigenvalue weighted by Gasteiger charge is 2.05. The summed E-state index contributed by atoms with van der Waals surface area (Å²) in [4.78, 5) is 8.65. The van der Waals surface area contributed by atoms with Crippen LogP contribution in [-0.4, -0.2) is 17.1 Å². The number of methoxy groups -OCH3 is 1. The van der Waals surface area contributed by atoms with Gasteiger partial charge in [0, 0.05) is 22.9 Å². The van der Waals surface area contributed by atoms with Crippen LogP contribution in [0.5, 0.6) is 5.75 Å². The van der Waals surface area contributed by atoms with Gasteiger partial charge in [-0.1, -0.05) is 18.2 Å². The molecule has 0 saturated heterocycles. The van der Waals surface area contributed by atoms with E-state index in [1.54, 1.807) is 25.2 Å². The molecular formula is C16H15N3OS. The summed E-state index contributed by atoms with van der Waals surface area (Å²) in [6.45, 7) is 0. The van der Waals surface area contributed by atoms with Gasteiger partial charge in [0.25, 0.3) is 0 Å². The summed E-state index contributed by atoms with van der Waals surface area (Å²) in [6.07, 6.45) is 1.60. The number of nitrogens with zero attached hydrogens (tertiary/aromatic N) is 2. The molecule has 5 heteroatoms. The Balaban J connectivity index is 1.85. The molecule has 0 aliphatic carbocycles. The zero-order valence-corrected chi connectivity index (χ0v) is 12.4. The van der Waals surface area contributed by atoms with E-state index in [4.69, 9.17) is 10.5 Å². The first-order chi connectivity index (χ1) is 10.3. The van der Waals surface area contributed by atoms with Crippen molar-refractivity contribution in [1.82, 2.24) is 9.97 Å². The summed E-state index contributed by atoms with van der Waals surface area (Å²) in [5, 5.41) is 2.04. The second kappa shape index (κ2) is 6.01. The van der Waals surface area contributed by atoms with Gasteiger partial charge in [0.2, 0.25) is 0 Å². The average molecular weight is 297 g/mol. The zero-order valence-electron chi connectivity index (χ0n) is 11.6. The Kier molecular flexibility index (Phi) is 3.92. The molecule has 1 aromatic heterocycles. The highest BCUT2D eigenvalue weighted by molar-refractivity contribution is 7.98. The summed E-state index contributed by atoms with van der Waals surface area (Å²) in [6, 6.07) is 13.8. The maximum Gasteiger partial charge on any atom is 0.121 e. The van der Waals surface area contributed by atoms with Crippen molar-refractivity contribution in [3.63, 3.8) is 0 Å². The van der Waals surface area contributed by atoms with E-state index in [0.29, 0.717) is 5.69 Å². The van der Waals surface area contributed by atoms with Crippen LogP contribution in [0.2, 0.25) is 0 Å². The Labute approximate surface area is 127 Å². The Morgan fingerprint density at radius 2 is 2.00 bits per heavy atom. The van der Waals surface area contributed by atoms with Gasteiger partial charge in [0.1, 0.15) is 17.1 Å². The van der Waals surface area contributed by atoms with Gasteiger partial charge in [-0.3, -0.25) is 0 Å². The number of nitrogen functional groups attached to an aromatic ring is 1. The number of thioether (sulfide) groups is 1. The number of hydrogen-bond acceptors (Lipinski definition) is 5. The lowest BCUT2D eigenvalue weighted by molar-refractivity contribution is 0.414. The third kappa shape index (κ3) is 3.08. The number of nitrogens with two attached hydrogens (primary N) is 1. The molecule has 2 aromatic carbocycles. The number of hydrogen-bond donors (Lipinski definition) is 1. The third-order valence-corrected chi connectivity index (χ3v) is 4.18. The van der Waals surface area contributed by atoms with Gasteiger partial charge in [-0.25, -0.2) is 9.97 Å². The molecule has 0 amide bonds. The van der Waals surface area contributed by atoms with Crippen molar-refractivity contribution in [3.8, 4) is 5.75 Å². The highest BCUT2D eigenvalue weighted by Crippen LogP contribution is 2.29. The zero-order chi connectivity index (χ0) is 14.7. The number of rotatable bonds is 4. The van der Waals surface area contributed by atoms with Crippen LogP contribution in [0.25, 0.3) is 10.9 Å². The van der Waals surface area contributed by atoms with Gasteiger partial charge in [-0.2, -0.15) is 0 Å². The number of benzene rings is 2. The van der Waals surface area contributed by atoms with Crippen LogP contribution in [-0.2, 0) is 5.75 Å². The third-order valence-electron chi connectivity index (χ3n) is 3.11. The number of para-hydroxylation sites is 1. The predicted octanol–water partition coefficient (Wildman–Crippen LogP) is 3.51. The molecular weight excluding hydrogens is 282 g/mol. The monoisotopic (exact) mass is 297 g/mol. The lowest BCUT2D eigenvalue weighted by atomic mass is 10.2. The van der Waals surface area contributed by atoms with E-state index in [2.05, 4.69) is 9.97 Å². The molecule has 4 nitrogen and oxygen atoms in total. The van der Waals surface area contributed by atoms with E-state index in [-0.39, 0.29) is 0 Å². The smallest absolute Gasteiger partial charge is 0.121 e. The van der Waals surface area contributed by atoms with E-state index in [1.807, 2.05) is 42.5 Å². The number of aromatic nitrogens is 2. The molecule has 0 atom stereocenters. The van der Waals surface area contributed by atoms with Crippen LogP contribution >= 0.6 is 11.8 Å². The summed E-state index contributed by atoms with van der Waals surface area (Å²) in [7, 11) is 1.64. The molecule has 0 fully saturated rings. The topological polar surface area (TPSA) is 61.0 Å². The van der Waals surface area contributed by atoms with Gasteiger partial charge in [0.15, 0.2) is 0 Å². The quantitative estimate of drug-likeness (QED) is 0.453. The molecule has 0 radical (unpaired) electrons. The van der Waals surface area contributed by atoms with Crippen molar-refractivity contribution < 1.29 is 4.74 Å². The largest absolute Gasteiger partial charge is 0.497 e. The predicted molar refractivity (Wildman–Crippen MR) is 86.5 cm³/mol. The molecule has 0 aliphatic rings. The normalized spacial score (nSPS) is 10.7. The molecule has 21 heavy (non-hydrogen) atoms. The van der Waals surface area contributed by atoms with Gasteiger partial charge >= 0.3 is 0 Å². The first kappa shape index (κ1) is 13.7. The molecule has 0 bridgehead atoms. The van der Waals surface area contributed by atoms with Gasteiger partial charge < -0.3 is 10.5 Å². The van der Waals surface area contributed by atoms with E-state index in [9.17, 15) is 0 Å². The van der Waals surface area contributed by atoms with E-state index in [1.165, 1.54) is 0 Å². The van der Waals surface area contributed by atoms with Gasteiger partial charge in [0.05, 0.1) is 12.6 Å². The second-order valence-electron chi connectivity index (χ2n) is 4.60. The average Bonchev–Trinajstić information content (AvgIpc) is 2.52. The highest BCUT2D eigenvalue weighted by atomic mass is 32.2. The number of anilines is 1. The van der Waals surface area contributed by atoms with Crippen molar-refractivity contribution in [2.75, 3.05) is 12.8 Å². The standard InChI is InChI=1S/C16H15N3OS/c1-20-13-7-11(6-12(17)8-13)9-21-16-14-4-2-3-5-15(14)18-10-19-16/h2-8,10H,9,17H2,1H3. The Hall–Kier alpha value is -2.27. The van der Waals surface area contributed by atoms with Crippen LogP contribution in [0, 0.1) is 0 Å². The fraction of sp³-hybridized carbons (Fsp3) is 0.125. The lowest BCUT2D eigenvalue weighted by Gasteiger charge is -2.07. The fourth-order valence-electron chi connectivity index (χ4n) is 2.13. The summed E-state index contributed by atoms with van der Waals surface area (Å²) >= 11 is 1.67. The van der Waals surface area contributed by atoms with Crippen molar-refractivity contribution in [2.24, 2.45) is 0 Å². The minimum atomic E-state index is 0.706. The summed E-state index contributed by atoms with van der Waals surface area (Å²) in [5.74, 6) is 1.56. The number of ether oxygens (including phenoxy) is 1. The number of fused-ring (bicyclic) bond motifs is 1. The lowest BCUT2D eigenvalue weighted by Crippen LogP contribution is -1.92. The SMILES string of the molecule is COc1cc(N)cc(CSc2ncnc3ccccc23)c1. The first-order valence-electron chi connectivity index (χ1n) is 6.52. The Bertz CT molecular complexity index is 771. The van der Waals surface area contributed by atoms with Crippen molar-refractivity contribution in [2.45, 2.75) is 10.8 Å². The fourth-order valence-corrected chi connectivity index (χ4v) is 3.05. The molecule has 2 N–H and O–H groups in total. The van der Waals surface area contributed by atoms with Crippen LogP contribution in [0.3, 0.4) is 0 Å². The molecule has 1 heterocycles. The van der Waals surface area contributed by atoms with Crippen molar-refractivity contribution in [1.29, 1.82) is 0 Å². The molecule has 0 saturated carbocycles. The van der Waals surface area contributed by atoms with Crippen LogP contribution < -0.4 is 10.5 Å². The molecule has 106 valence electrons. The Morgan fingerprint density at radius 3 is 2.86 bits per heavy atom. The molecule has 3 rings (SSSR count). The molecule has 0 aliphatic heterocycles. The van der Waals surface area contributed by atoms with Gasteiger partial charge in [-0.05, 0) is 23.8 Å². The molecule has 3 aromatic rings. The second-order valence-corrected chi connectivity index (χ2v) is 5.56. The van der Waals surface area contributed by atoms with Crippen molar-refractivity contribution in [3.05, 3.63) is 54.4 Å². The maximum absolute atomic E-state index is 5.88. The first-order valence-corrected chi connectivity index (χ1v) is 7.51. The van der Waals surface area contributed by atoms with Crippen LogP contribution in [0.4, 0.5) is 5.69 Å². The van der Waals surface area contributed by atoms with E-state index < -0.39 is 0 Å². The van der Waals surface area contributed by atoms with E-state index >= 15 is 0 Å². The summed E-state index contributed by atoms with van der Waals surface area (Å²) < 4.78 is 5.24. The van der Waals surface area contributed by atoms with Crippen LogP contribution in [0.1, 0.15) is 5.56 Å². The maximum atomic E-state index is 5.88. The van der Waals surface area contributed by atoms with Gasteiger partial charge in [-0.15, -0.1) is 11.8 Å². The van der Waals surface area contributed by atoms with Crippen LogP contribution in [0.15, 0.2) is 53.8 Å². The summed E-state index contributed by atoms with van der Waals surface area (Å²) in [5.41, 5.74) is 8.65. The molecule has 0 spiro atoms.